The third-order valence-electron chi connectivity index (χ3n) is 2.98. The summed E-state index contributed by atoms with van der Waals surface area (Å²) in [5.41, 5.74) is 0. The third-order valence-corrected chi connectivity index (χ3v) is 7.41. The summed E-state index contributed by atoms with van der Waals surface area (Å²) in [5, 5.41) is -1.70. The molecule has 0 aliphatic rings. The van der Waals surface area contributed by atoms with Gasteiger partial charge in [0.2, 0.25) is 0 Å². The number of hydrogen-bond donors (Lipinski definition) is 0. The maximum atomic E-state index is 11.7. The standard InChI is InChI=1S/C10H22O5S2/c1-7(2)9(5)16(11,12)15-17(13,14)10(6)8(3)4/h7-10H,1-6H3. The van der Waals surface area contributed by atoms with Crippen molar-refractivity contribution in [3.8, 4) is 0 Å². The molecule has 2 unspecified atom stereocenters. The number of hydrogen-bond acceptors (Lipinski definition) is 5. The molecular formula is C10H22O5S2. The lowest BCUT2D eigenvalue weighted by Crippen LogP contribution is -2.33. The normalized spacial score (nSPS) is 17.4. The molecule has 7 heteroatoms. The van der Waals surface area contributed by atoms with Crippen LogP contribution in [0.5, 0.6) is 0 Å². The van der Waals surface area contributed by atoms with E-state index in [9.17, 15) is 16.8 Å². The van der Waals surface area contributed by atoms with Gasteiger partial charge in [-0.1, -0.05) is 27.7 Å². The van der Waals surface area contributed by atoms with Gasteiger partial charge in [0.15, 0.2) is 0 Å². The van der Waals surface area contributed by atoms with Crippen molar-refractivity contribution in [2.45, 2.75) is 52.0 Å². The Bertz CT molecular complexity index is 391. The van der Waals surface area contributed by atoms with E-state index in [2.05, 4.69) is 3.63 Å². The van der Waals surface area contributed by atoms with Crippen molar-refractivity contribution in [3.63, 3.8) is 0 Å². The number of rotatable bonds is 6. The molecule has 0 aromatic carbocycles. The molecule has 104 valence electrons. The van der Waals surface area contributed by atoms with Gasteiger partial charge in [0.25, 0.3) is 20.2 Å². The van der Waals surface area contributed by atoms with E-state index in [0.29, 0.717) is 0 Å². The lowest BCUT2D eigenvalue weighted by molar-refractivity contribution is 0.424. The van der Waals surface area contributed by atoms with Crippen LogP contribution in [0.25, 0.3) is 0 Å². The average Bonchev–Trinajstić information content (AvgIpc) is 2.13. The molecule has 2 atom stereocenters. The molecule has 0 spiro atoms. The zero-order valence-electron chi connectivity index (χ0n) is 11.2. The Morgan fingerprint density at radius 3 is 1.06 bits per heavy atom. The van der Waals surface area contributed by atoms with Crippen LogP contribution in [0.15, 0.2) is 0 Å². The molecule has 0 aliphatic carbocycles. The van der Waals surface area contributed by atoms with Crippen LogP contribution < -0.4 is 0 Å². The lowest BCUT2D eigenvalue weighted by atomic mass is 10.2. The largest absolute Gasteiger partial charge is 0.284 e. The molecule has 0 saturated heterocycles. The molecule has 0 bridgehead atoms. The van der Waals surface area contributed by atoms with Crippen LogP contribution in [0.2, 0.25) is 0 Å². The van der Waals surface area contributed by atoms with Gasteiger partial charge in [0.1, 0.15) is 0 Å². The minimum absolute atomic E-state index is 0.204. The van der Waals surface area contributed by atoms with Gasteiger partial charge in [0.05, 0.1) is 10.5 Å². The molecular weight excluding hydrogens is 264 g/mol. The first kappa shape index (κ1) is 16.9. The van der Waals surface area contributed by atoms with Crippen molar-refractivity contribution in [1.82, 2.24) is 0 Å². The van der Waals surface area contributed by atoms with Gasteiger partial charge in [-0.2, -0.15) is 16.8 Å². The van der Waals surface area contributed by atoms with Crippen LogP contribution in [0.3, 0.4) is 0 Å². The highest BCUT2D eigenvalue weighted by molar-refractivity contribution is 8.00. The lowest BCUT2D eigenvalue weighted by Gasteiger charge is -2.19. The van der Waals surface area contributed by atoms with Crippen molar-refractivity contribution in [2.75, 3.05) is 0 Å². The van der Waals surface area contributed by atoms with E-state index >= 15 is 0 Å². The van der Waals surface area contributed by atoms with Gasteiger partial charge in [-0.3, -0.25) is 0 Å². The molecule has 0 aromatic heterocycles. The maximum absolute atomic E-state index is 11.7. The molecule has 17 heavy (non-hydrogen) atoms. The Kier molecular flexibility index (Phi) is 5.62. The first-order chi connectivity index (χ1) is 7.42. The molecule has 0 rings (SSSR count). The monoisotopic (exact) mass is 286 g/mol. The van der Waals surface area contributed by atoms with E-state index in [-0.39, 0.29) is 11.8 Å². The van der Waals surface area contributed by atoms with E-state index in [1.807, 2.05) is 0 Å². The first-order valence-electron chi connectivity index (χ1n) is 5.60. The summed E-state index contributed by atoms with van der Waals surface area (Å²) in [7, 11) is -8.17. The van der Waals surface area contributed by atoms with Gasteiger partial charge in [0, 0.05) is 0 Å². The Balaban J connectivity index is 5.10. The van der Waals surface area contributed by atoms with Crippen molar-refractivity contribution in [1.29, 1.82) is 0 Å². The summed E-state index contributed by atoms with van der Waals surface area (Å²) in [6, 6.07) is 0. The Labute approximate surface area is 105 Å². The highest BCUT2D eigenvalue weighted by Crippen LogP contribution is 2.20. The topological polar surface area (TPSA) is 77.5 Å². The Morgan fingerprint density at radius 2 is 0.882 bits per heavy atom. The molecule has 5 nitrogen and oxygen atoms in total. The highest BCUT2D eigenvalue weighted by atomic mass is 32.3. The van der Waals surface area contributed by atoms with Crippen LogP contribution in [0.4, 0.5) is 0 Å². The van der Waals surface area contributed by atoms with Gasteiger partial charge >= 0.3 is 0 Å². The zero-order chi connectivity index (χ0) is 14.0. The first-order valence-corrected chi connectivity index (χ1v) is 8.54. The predicted molar refractivity (Wildman–Crippen MR) is 67.5 cm³/mol. The van der Waals surface area contributed by atoms with E-state index < -0.39 is 30.7 Å². The van der Waals surface area contributed by atoms with Crippen LogP contribution in [0, 0.1) is 11.8 Å². The fourth-order valence-corrected chi connectivity index (χ4v) is 4.31. The van der Waals surface area contributed by atoms with Crippen LogP contribution >= 0.6 is 0 Å². The van der Waals surface area contributed by atoms with Gasteiger partial charge < -0.3 is 0 Å². The smallest absolute Gasteiger partial charge is 0.198 e. The fourth-order valence-electron chi connectivity index (χ4n) is 0.923. The Hall–Kier alpha value is -0.140. The minimum atomic E-state index is -4.08. The summed E-state index contributed by atoms with van der Waals surface area (Å²) in [5.74, 6) is -0.408. The van der Waals surface area contributed by atoms with Crippen molar-refractivity contribution >= 4 is 20.2 Å². The molecule has 0 fully saturated rings. The summed E-state index contributed by atoms with van der Waals surface area (Å²) >= 11 is 0. The van der Waals surface area contributed by atoms with Gasteiger partial charge in [-0.25, -0.2) is 0 Å². The van der Waals surface area contributed by atoms with E-state index in [1.54, 1.807) is 27.7 Å². The second kappa shape index (κ2) is 5.67. The Morgan fingerprint density at radius 1 is 0.647 bits per heavy atom. The quantitative estimate of drug-likeness (QED) is 0.743. The van der Waals surface area contributed by atoms with Crippen molar-refractivity contribution < 1.29 is 20.5 Å². The molecule has 0 aliphatic heterocycles. The van der Waals surface area contributed by atoms with Gasteiger partial charge in [-0.15, -0.1) is 3.63 Å². The van der Waals surface area contributed by atoms with Crippen LogP contribution in [-0.4, -0.2) is 27.3 Å². The minimum Gasteiger partial charge on any atom is -0.198 e. The van der Waals surface area contributed by atoms with Crippen molar-refractivity contribution in [3.05, 3.63) is 0 Å². The van der Waals surface area contributed by atoms with E-state index in [4.69, 9.17) is 0 Å². The van der Waals surface area contributed by atoms with Crippen LogP contribution in [-0.2, 0) is 23.9 Å². The predicted octanol–water partition coefficient (Wildman–Crippen LogP) is 1.75. The summed E-state index contributed by atoms with van der Waals surface area (Å²) in [6.07, 6.45) is 0. The maximum Gasteiger partial charge on any atom is 0.284 e. The summed E-state index contributed by atoms with van der Waals surface area (Å²) < 4.78 is 51.3. The van der Waals surface area contributed by atoms with Gasteiger partial charge in [-0.05, 0) is 25.7 Å². The molecule has 0 aromatic rings. The van der Waals surface area contributed by atoms with Crippen molar-refractivity contribution in [2.24, 2.45) is 11.8 Å². The molecule has 0 N–H and O–H groups in total. The molecule has 0 radical (unpaired) electrons. The summed E-state index contributed by atoms with van der Waals surface area (Å²) in [6.45, 7) is 9.67. The van der Waals surface area contributed by atoms with Crippen LogP contribution in [0.1, 0.15) is 41.5 Å². The van der Waals surface area contributed by atoms with E-state index in [1.165, 1.54) is 13.8 Å². The average molecular weight is 286 g/mol. The fraction of sp³-hybridized carbons (Fsp3) is 1.00. The third kappa shape index (κ3) is 4.56. The zero-order valence-corrected chi connectivity index (χ0v) is 12.8. The second-order valence-electron chi connectivity index (χ2n) is 4.95. The highest BCUT2D eigenvalue weighted by Gasteiger charge is 2.35. The molecule has 0 amide bonds. The van der Waals surface area contributed by atoms with E-state index in [0.717, 1.165) is 0 Å². The SMILES string of the molecule is CC(C)C(C)S(=O)(=O)OS(=O)(=O)C(C)C(C)C. The molecule has 0 saturated carbocycles. The second-order valence-corrected chi connectivity index (χ2v) is 8.95. The summed E-state index contributed by atoms with van der Waals surface area (Å²) in [4.78, 5) is 0. The molecule has 0 heterocycles.